The number of nitriles is 1. The number of thiophene rings is 1. The maximum Gasteiger partial charge on any atom is 0.275 e. The molecule has 0 bridgehead atoms. The van der Waals surface area contributed by atoms with Crippen LogP contribution in [0, 0.1) is 18.3 Å². The SMILES string of the molecule is Cc1nc(C(=O)Nc2sc3c(c2C#N)CCCC3)cs1. The molecular formula is C14H13N3OS2. The van der Waals surface area contributed by atoms with E-state index in [1.165, 1.54) is 27.6 Å². The van der Waals surface area contributed by atoms with Crippen molar-refractivity contribution in [2.75, 3.05) is 5.32 Å². The molecule has 0 radical (unpaired) electrons. The Labute approximate surface area is 125 Å². The number of fused-ring (bicyclic) bond motifs is 1. The van der Waals surface area contributed by atoms with E-state index in [0.717, 1.165) is 36.3 Å². The molecule has 0 spiro atoms. The maximum absolute atomic E-state index is 12.1. The van der Waals surface area contributed by atoms with E-state index >= 15 is 0 Å². The summed E-state index contributed by atoms with van der Waals surface area (Å²) in [5, 5.41) is 15.5. The summed E-state index contributed by atoms with van der Waals surface area (Å²) in [6, 6.07) is 2.24. The van der Waals surface area contributed by atoms with Crippen LogP contribution in [0.15, 0.2) is 5.38 Å². The number of nitrogens with one attached hydrogen (secondary N) is 1. The minimum atomic E-state index is -0.232. The highest BCUT2D eigenvalue weighted by Gasteiger charge is 2.22. The van der Waals surface area contributed by atoms with Crippen molar-refractivity contribution < 1.29 is 4.79 Å². The van der Waals surface area contributed by atoms with Gasteiger partial charge < -0.3 is 5.32 Å². The van der Waals surface area contributed by atoms with Crippen LogP contribution >= 0.6 is 22.7 Å². The fourth-order valence-electron chi connectivity index (χ4n) is 2.41. The molecule has 0 saturated heterocycles. The summed E-state index contributed by atoms with van der Waals surface area (Å²) in [5.74, 6) is -0.232. The molecule has 4 nitrogen and oxygen atoms in total. The Hall–Kier alpha value is -1.71. The van der Waals surface area contributed by atoms with Crippen molar-refractivity contribution in [1.29, 1.82) is 5.26 Å². The number of carbonyl (C=O) groups is 1. The molecule has 6 heteroatoms. The minimum absolute atomic E-state index is 0.232. The van der Waals surface area contributed by atoms with Gasteiger partial charge in [-0.2, -0.15) is 5.26 Å². The van der Waals surface area contributed by atoms with E-state index < -0.39 is 0 Å². The highest BCUT2D eigenvalue weighted by Crippen LogP contribution is 2.37. The van der Waals surface area contributed by atoms with E-state index in [1.807, 2.05) is 6.92 Å². The summed E-state index contributed by atoms with van der Waals surface area (Å²) in [6.45, 7) is 1.87. The van der Waals surface area contributed by atoms with Crippen LogP contribution in [0.1, 0.15) is 44.3 Å². The number of nitrogens with zero attached hydrogens (tertiary/aromatic N) is 2. The Balaban J connectivity index is 1.89. The molecular weight excluding hydrogens is 290 g/mol. The van der Waals surface area contributed by atoms with E-state index in [1.54, 1.807) is 5.38 Å². The van der Waals surface area contributed by atoms with Gasteiger partial charge in [-0.25, -0.2) is 4.98 Å². The van der Waals surface area contributed by atoms with Crippen LogP contribution in [-0.4, -0.2) is 10.9 Å². The van der Waals surface area contributed by atoms with Crippen molar-refractivity contribution in [3.8, 4) is 6.07 Å². The number of rotatable bonds is 2. The Morgan fingerprint density at radius 2 is 2.25 bits per heavy atom. The van der Waals surface area contributed by atoms with Gasteiger partial charge in [-0.3, -0.25) is 4.79 Å². The zero-order valence-corrected chi connectivity index (χ0v) is 12.7. The zero-order valence-electron chi connectivity index (χ0n) is 11.0. The first-order chi connectivity index (χ1) is 9.69. The first-order valence-corrected chi connectivity index (χ1v) is 8.16. The predicted octanol–water partition coefficient (Wildman–Crippen LogP) is 3.52. The maximum atomic E-state index is 12.1. The van der Waals surface area contributed by atoms with E-state index in [4.69, 9.17) is 0 Å². The molecule has 2 aromatic rings. The highest BCUT2D eigenvalue weighted by atomic mass is 32.1. The fraction of sp³-hybridized carbons (Fsp3) is 0.357. The number of aryl methyl sites for hydroxylation is 2. The molecule has 1 aliphatic carbocycles. The van der Waals surface area contributed by atoms with Crippen molar-refractivity contribution in [2.45, 2.75) is 32.6 Å². The highest BCUT2D eigenvalue weighted by molar-refractivity contribution is 7.16. The third-order valence-corrected chi connectivity index (χ3v) is 5.34. The number of aromatic nitrogens is 1. The number of thiazole rings is 1. The van der Waals surface area contributed by atoms with Crippen LogP contribution < -0.4 is 5.32 Å². The molecule has 0 fully saturated rings. The van der Waals surface area contributed by atoms with Gasteiger partial charge in [-0.05, 0) is 38.2 Å². The monoisotopic (exact) mass is 303 g/mol. The number of anilines is 1. The van der Waals surface area contributed by atoms with E-state index in [0.29, 0.717) is 16.3 Å². The van der Waals surface area contributed by atoms with Gasteiger partial charge in [0.25, 0.3) is 5.91 Å². The Kier molecular flexibility index (Phi) is 3.55. The normalized spacial score (nSPS) is 13.6. The second kappa shape index (κ2) is 5.35. The fourth-order valence-corrected chi connectivity index (χ4v) is 4.23. The summed E-state index contributed by atoms with van der Waals surface area (Å²) in [4.78, 5) is 17.6. The van der Waals surface area contributed by atoms with Gasteiger partial charge >= 0.3 is 0 Å². The molecule has 2 aromatic heterocycles. The zero-order chi connectivity index (χ0) is 14.1. The third kappa shape index (κ3) is 2.35. The van der Waals surface area contributed by atoms with Crippen molar-refractivity contribution >= 4 is 33.6 Å². The molecule has 0 unspecified atom stereocenters. The summed E-state index contributed by atoms with van der Waals surface area (Å²) < 4.78 is 0. The standard InChI is InChI=1S/C14H13N3OS2/c1-8-16-11(7-19-8)13(18)17-14-10(6-15)9-4-2-3-5-12(9)20-14/h7H,2-5H2,1H3,(H,17,18). The van der Waals surface area contributed by atoms with E-state index in [9.17, 15) is 10.1 Å². The molecule has 1 amide bonds. The molecule has 0 aliphatic heterocycles. The number of amides is 1. The second-order valence-corrected chi connectivity index (χ2v) is 6.90. The second-order valence-electron chi connectivity index (χ2n) is 4.73. The van der Waals surface area contributed by atoms with Gasteiger partial charge in [-0.1, -0.05) is 0 Å². The molecule has 102 valence electrons. The van der Waals surface area contributed by atoms with Gasteiger partial charge in [0.2, 0.25) is 0 Å². The smallest absolute Gasteiger partial charge is 0.275 e. The molecule has 0 aromatic carbocycles. The van der Waals surface area contributed by atoms with Crippen LogP contribution in [0.2, 0.25) is 0 Å². The van der Waals surface area contributed by atoms with Gasteiger partial charge in [0, 0.05) is 10.3 Å². The molecule has 3 rings (SSSR count). The van der Waals surface area contributed by atoms with Crippen molar-refractivity contribution in [1.82, 2.24) is 4.98 Å². The number of carbonyl (C=O) groups excluding carboxylic acids is 1. The molecule has 0 atom stereocenters. The summed E-state index contributed by atoms with van der Waals surface area (Å²) in [6.07, 6.45) is 4.24. The lowest BCUT2D eigenvalue weighted by molar-refractivity contribution is 0.102. The summed E-state index contributed by atoms with van der Waals surface area (Å²) in [5.41, 5.74) is 2.20. The quantitative estimate of drug-likeness (QED) is 0.923. The van der Waals surface area contributed by atoms with Crippen LogP contribution in [0.4, 0.5) is 5.00 Å². The summed E-state index contributed by atoms with van der Waals surface area (Å²) >= 11 is 2.98. The molecule has 20 heavy (non-hydrogen) atoms. The van der Waals surface area contributed by atoms with Crippen LogP contribution in [0.25, 0.3) is 0 Å². The lowest BCUT2D eigenvalue weighted by atomic mass is 9.96. The average molecular weight is 303 g/mol. The van der Waals surface area contributed by atoms with Gasteiger partial charge in [0.15, 0.2) is 0 Å². The lowest BCUT2D eigenvalue weighted by Crippen LogP contribution is -2.12. The molecule has 2 heterocycles. The van der Waals surface area contributed by atoms with Crippen molar-refractivity contribution in [3.05, 3.63) is 32.1 Å². The van der Waals surface area contributed by atoms with Crippen LogP contribution in [-0.2, 0) is 12.8 Å². The molecule has 1 aliphatic rings. The van der Waals surface area contributed by atoms with Crippen molar-refractivity contribution in [3.63, 3.8) is 0 Å². The topological polar surface area (TPSA) is 65.8 Å². The third-order valence-electron chi connectivity index (χ3n) is 3.36. The van der Waals surface area contributed by atoms with Gasteiger partial charge in [-0.15, -0.1) is 22.7 Å². The Morgan fingerprint density at radius 1 is 1.45 bits per heavy atom. The van der Waals surface area contributed by atoms with Gasteiger partial charge in [0.05, 0.1) is 10.6 Å². The first-order valence-electron chi connectivity index (χ1n) is 6.47. The van der Waals surface area contributed by atoms with Crippen LogP contribution in [0.3, 0.4) is 0 Å². The number of hydrogen-bond acceptors (Lipinski definition) is 5. The predicted molar refractivity (Wildman–Crippen MR) is 80.5 cm³/mol. The average Bonchev–Trinajstić information content (AvgIpc) is 3.01. The minimum Gasteiger partial charge on any atom is -0.311 e. The van der Waals surface area contributed by atoms with Crippen molar-refractivity contribution in [2.24, 2.45) is 0 Å². The Morgan fingerprint density at radius 3 is 2.95 bits per heavy atom. The Bertz CT molecular complexity index is 709. The summed E-state index contributed by atoms with van der Waals surface area (Å²) in [7, 11) is 0. The molecule has 1 N–H and O–H groups in total. The van der Waals surface area contributed by atoms with Gasteiger partial charge in [0.1, 0.15) is 16.8 Å². The number of hydrogen-bond donors (Lipinski definition) is 1. The van der Waals surface area contributed by atoms with E-state index in [2.05, 4.69) is 16.4 Å². The van der Waals surface area contributed by atoms with E-state index in [-0.39, 0.29) is 5.91 Å². The van der Waals surface area contributed by atoms with Crippen LogP contribution in [0.5, 0.6) is 0 Å². The molecule has 0 saturated carbocycles. The first kappa shape index (κ1) is 13.3. The lowest BCUT2D eigenvalue weighted by Gasteiger charge is -2.09. The largest absolute Gasteiger partial charge is 0.311 e.